The van der Waals surface area contributed by atoms with E-state index >= 15 is 0 Å². The summed E-state index contributed by atoms with van der Waals surface area (Å²) < 4.78 is 0. The molecule has 5 heteroatoms. The number of allylic oxidation sites excluding steroid dienone is 1. The summed E-state index contributed by atoms with van der Waals surface area (Å²) in [5, 5.41) is 2.29. The molecule has 0 atom stereocenters. The Bertz CT molecular complexity index is 3230. The van der Waals surface area contributed by atoms with Crippen LogP contribution >= 0.6 is 0 Å². The van der Waals surface area contributed by atoms with Crippen molar-refractivity contribution in [1.29, 1.82) is 0 Å². The van der Waals surface area contributed by atoms with Crippen molar-refractivity contribution in [2.75, 3.05) is 0 Å². The number of fused-ring (bicyclic) bond motifs is 1. The van der Waals surface area contributed by atoms with E-state index in [0.717, 1.165) is 83.4 Å². The van der Waals surface area contributed by atoms with E-state index in [1.54, 1.807) is 6.08 Å². The minimum Gasteiger partial charge on any atom is -0.228 e. The third kappa shape index (κ3) is 7.68. The average Bonchev–Trinajstić information content (AvgIpc) is 3.36. The molecular weight excluding hydrogens is 755 g/mol. The lowest BCUT2D eigenvalue weighted by atomic mass is 9.89. The molecule has 2 heterocycles. The van der Waals surface area contributed by atoms with E-state index in [1.165, 1.54) is 0 Å². The SMILES string of the molecule is C=CC#Cc1ccc(-c2cc(-c3nc(-c4ccccc4)nc(-c4ccccc4)n3)ccc2-c2ccccc2-c2cc(-c3cccc4ccccc34)nc(-c3ccccc3)n2)cc1. The molecule has 290 valence electrons. The third-order valence-corrected chi connectivity index (χ3v) is 10.8. The van der Waals surface area contributed by atoms with Crippen molar-refractivity contribution < 1.29 is 0 Å². The first-order chi connectivity index (χ1) is 30.7. The Kier molecular flexibility index (Phi) is 10.3. The molecular formula is C57H37N5. The number of hydrogen-bond donors (Lipinski definition) is 0. The summed E-state index contributed by atoms with van der Waals surface area (Å²) in [4.78, 5) is 25.6. The van der Waals surface area contributed by atoms with Crippen LogP contribution in [0.25, 0.3) is 101 Å². The lowest BCUT2D eigenvalue weighted by Crippen LogP contribution is -2.01. The zero-order valence-corrected chi connectivity index (χ0v) is 33.7. The lowest BCUT2D eigenvalue weighted by molar-refractivity contribution is 1.07. The molecule has 0 unspecified atom stereocenters. The van der Waals surface area contributed by atoms with E-state index in [4.69, 9.17) is 24.9 Å². The van der Waals surface area contributed by atoms with E-state index < -0.39 is 0 Å². The highest BCUT2D eigenvalue weighted by Crippen LogP contribution is 2.41. The minimum atomic E-state index is 0.579. The maximum Gasteiger partial charge on any atom is 0.164 e. The van der Waals surface area contributed by atoms with Gasteiger partial charge >= 0.3 is 0 Å². The second-order valence-corrected chi connectivity index (χ2v) is 14.7. The van der Waals surface area contributed by atoms with Crippen LogP contribution in [0.15, 0.2) is 219 Å². The van der Waals surface area contributed by atoms with Crippen molar-refractivity contribution in [3.8, 4) is 102 Å². The van der Waals surface area contributed by atoms with Gasteiger partial charge in [-0.1, -0.05) is 200 Å². The molecule has 62 heavy (non-hydrogen) atoms. The van der Waals surface area contributed by atoms with Crippen molar-refractivity contribution in [2.24, 2.45) is 0 Å². The molecule has 0 saturated carbocycles. The van der Waals surface area contributed by atoms with Gasteiger partial charge in [0.15, 0.2) is 23.3 Å². The summed E-state index contributed by atoms with van der Waals surface area (Å²) in [6.45, 7) is 3.77. The highest BCUT2D eigenvalue weighted by molar-refractivity contribution is 5.98. The summed E-state index contributed by atoms with van der Waals surface area (Å²) in [5.74, 6) is 8.60. The van der Waals surface area contributed by atoms with Crippen LogP contribution in [0.5, 0.6) is 0 Å². The molecule has 0 N–H and O–H groups in total. The largest absolute Gasteiger partial charge is 0.228 e. The predicted octanol–water partition coefficient (Wildman–Crippen LogP) is 13.7. The van der Waals surface area contributed by atoms with Crippen molar-refractivity contribution in [1.82, 2.24) is 24.9 Å². The maximum atomic E-state index is 5.29. The smallest absolute Gasteiger partial charge is 0.164 e. The lowest BCUT2D eigenvalue weighted by Gasteiger charge is -2.17. The molecule has 0 amide bonds. The molecule has 5 nitrogen and oxygen atoms in total. The maximum absolute atomic E-state index is 5.29. The van der Waals surface area contributed by atoms with E-state index in [2.05, 4.69) is 134 Å². The van der Waals surface area contributed by atoms with Gasteiger partial charge in [-0.3, -0.25) is 0 Å². The Labute approximate surface area is 360 Å². The van der Waals surface area contributed by atoms with Gasteiger partial charge in [-0.2, -0.15) is 0 Å². The van der Waals surface area contributed by atoms with Crippen molar-refractivity contribution in [3.05, 3.63) is 224 Å². The number of nitrogens with zero attached hydrogens (tertiary/aromatic N) is 5. The van der Waals surface area contributed by atoms with Gasteiger partial charge in [0.1, 0.15) is 0 Å². The normalized spacial score (nSPS) is 10.8. The second kappa shape index (κ2) is 16.9. The summed E-state index contributed by atoms with van der Waals surface area (Å²) >= 11 is 0. The summed E-state index contributed by atoms with van der Waals surface area (Å²) in [6.07, 6.45) is 1.61. The molecule has 2 aromatic heterocycles. The fraction of sp³-hybridized carbons (Fsp3) is 0. The van der Waals surface area contributed by atoms with Crippen LogP contribution in [0.1, 0.15) is 5.56 Å². The third-order valence-electron chi connectivity index (χ3n) is 10.8. The molecule has 0 bridgehead atoms. The van der Waals surface area contributed by atoms with Crippen molar-refractivity contribution >= 4 is 10.8 Å². The minimum absolute atomic E-state index is 0.579. The van der Waals surface area contributed by atoms with Gasteiger partial charge in [0, 0.05) is 38.9 Å². The van der Waals surface area contributed by atoms with Crippen molar-refractivity contribution in [3.63, 3.8) is 0 Å². The highest BCUT2D eigenvalue weighted by Gasteiger charge is 2.20. The number of benzene rings is 8. The predicted molar refractivity (Wildman–Crippen MR) is 253 cm³/mol. The molecule has 10 rings (SSSR count). The Morgan fingerprint density at radius 1 is 0.339 bits per heavy atom. The van der Waals surface area contributed by atoms with Crippen LogP contribution in [0.2, 0.25) is 0 Å². The molecule has 0 fully saturated rings. The molecule has 0 radical (unpaired) electrons. The summed E-state index contributed by atoms with van der Waals surface area (Å²) in [6, 6.07) is 70.5. The Morgan fingerprint density at radius 3 is 1.44 bits per heavy atom. The zero-order chi connectivity index (χ0) is 41.7. The van der Waals surface area contributed by atoms with Crippen LogP contribution in [-0.4, -0.2) is 24.9 Å². The van der Waals surface area contributed by atoms with Gasteiger partial charge < -0.3 is 0 Å². The number of rotatable bonds is 8. The van der Waals surface area contributed by atoms with Gasteiger partial charge in [0.2, 0.25) is 0 Å². The molecule has 0 saturated heterocycles. The Balaban J connectivity index is 1.18. The van der Waals surface area contributed by atoms with Gasteiger partial charge in [0.05, 0.1) is 11.4 Å². The topological polar surface area (TPSA) is 64.5 Å². The Morgan fingerprint density at radius 2 is 0.806 bits per heavy atom. The van der Waals surface area contributed by atoms with E-state index in [0.29, 0.717) is 23.3 Å². The fourth-order valence-corrected chi connectivity index (χ4v) is 7.79. The number of aromatic nitrogens is 5. The van der Waals surface area contributed by atoms with Gasteiger partial charge in [-0.15, -0.1) is 0 Å². The molecule has 0 aliphatic rings. The quantitative estimate of drug-likeness (QED) is 0.143. The van der Waals surface area contributed by atoms with Crippen LogP contribution in [0.4, 0.5) is 0 Å². The van der Waals surface area contributed by atoms with E-state index in [1.807, 2.05) is 91.0 Å². The van der Waals surface area contributed by atoms with Crippen LogP contribution in [0.3, 0.4) is 0 Å². The molecule has 8 aromatic carbocycles. The van der Waals surface area contributed by atoms with E-state index in [9.17, 15) is 0 Å². The monoisotopic (exact) mass is 791 g/mol. The van der Waals surface area contributed by atoms with Crippen LogP contribution < -0.4 is 0 Å². The Hall–Kier alpha value is -8.59. The number of hydrogen-bond acceptors (Lipinski definition) is 5. The second-order valence-electron chi connectivity index (χ2n) is 14.7. The first-order valence-corrected chi connectivity index (χ1v) is 20.5. The van der Waals surface area contributed by atoms with Gasteiger partial charge in [0.25, 0.3) is 0 Å². The zero-order valence-electron chi connectivity index (χ0n) is 33.7. The van der Waals surface area contributed by atoms with Gasteiger partial charge in [-0.05, 0) is 63.4 Å². The van der Waals surface area contributed by atoms with Crippen LogP contribution in [-0.2, 0) is 0 Å². The molecule has 0 aliphatic carbocycles. The first-order valence-electron chi connectivity index (χ1n) is 20.5. The molecule has 0 aliphatic heterocycles. The fourth-order valence-electron chi connectivity index (χ4n) is 7.79. The standard InChI is InChI=1S/C57H37N5/c1-2-3-18-39-31-33-41(34-32-39)51-37-45(57-61-55(43-22-9-5-10-23-43)60-56(62-57)44-24-11-6-12-25-44)35-36-48(51)47-28-15-16-29-50(47)53-38-52(58-54(59-53)42-20-7-4-8-21-42)49-30-17-26-40-19-13-14-27-46(40)49/h2,4-17,19-38H,1H2. The molecule has 0 spiro atoms. The first kappa shape index (κ1) is 37.7. The highest BCUT2D eigenvalue weighted by atomic mass is 15.0. The summed E-state index contributed by atoms with van der Waals surface area (Å²) in [7, 11) is 0. The molecule has 10 aromatic rings. The average molecular weight is 792 g/mol. The van der Waals surface area contributed by atoms with Crippen LogP contribution in [0, 0.1) is 11.8 Å². The summed E-state index contributed by atoms with van der Waals surface area (Å²) in [5.41, 5.74) is 12.3. The van der Waals surface area contributed by atoms with Crippen molar-refractivity contribution in [2.45, 2.75) is 0 Å². The van der Waals surface area contributed by atoms with Gasteiger partial charge in [-0.25, -0.2) is 24.9 Å². The van der Waals surface area contributed by atoms with E-state index in [-0.39, 0.29) is 0 Å².